The van der Waals surface area contributed by atoms with Gasteiger partial charge < -0.3 is 5.32 Å². The zero-order valence-electron chi connectivity index (χ0n) is 3.15. The molecule has 0 radical (unpaired) electrons. The van der Waals surface area contributed by atoms with E-state index in [2.05, 4.69) is 5.32 Å². The van der Waals surface area contributed by atoms with Gasteiger partial charge >= 0.3 is 0 Å². The van der Waals surface area contributed by atoms with Crippen LogP contribution in [0.15, 0.2) is 0 Å². The fraction of sp³-hybridized carbons (Fsp3) is 0.500. The molecule has 0 saturated carbocycles. The molecule has 0 amide bonds. The summed E-state index contributed by atoms with van der Waals surface area (Å²) in [6, 6.07) is 0. The zero-order chi connectivity index (χ0) is 3.41. The summed E-state index contributed by atoms with van der Waals surface area (Å²) < 4.78 is 0. The summed E-state index contributed by atoms with van der Waals surface area (Å²) in [7, 11) is 1.57. The Bertz CT molecular complexity index is 37.4. The fourth-order valence-corrected chi connectivity index (χ4v) is 0. The van der Waals surface area contributed by atoms with Crippen molar-refractivity contribution in [2.24, 2.45) is 0 Å². The van der Waals surface area contributed by atoms with Gasteiger partial charge in [0.2, 0.25) is 0 Å². The molecule has 0 aromatic carbocycles. The molecule has 0 aromatic rings. The number of hydrogen-bond acceptors (Lipinski definition) is 2. The Balaban J connectivity index is 0. The van der Waals surface area contributed by atoms with Crippen molar-refractivity contribution < 1.29 is 27.7 Å². The van der Waals surface area contributed by atoms with Crippen molar-refractivity contribution in [3.8, 4) is 6.19 Å². The summed E-state index contributed by atoms with van der Waals surface area (Å²) >= 11 is 0. The standard InChI is InChI=1S/C2H4N2.Hg/c1-4-2-3;/h4H,1H3;. The molecular formula is C2H4HgN2. The molecule has 3 heteroatoms. The van der Waals surface area contributed by atoms with Gasteiger partial charge in [-0.05, 0) is 0 Å². The third-order valence-corrected chi connectivity index (χ3v) is 0.112. The van der Waals surface area contributed by atoms with E-state index in [1.165, 1.54) is 0 Å². The Kier molecular flexibility index (Phi) is 15.9. The minimum Gasteiger partial charge on any atom is -0.327 e. The van der Waals surface area contributed by atoms with Crippen LogP contribution in [0.25, 0.3) is 0 Å². The maximum absolute atomic E-state index is 7.51. The van der Waals surface area contributed by atoms with Gasteiger partial charge in [-0.3, -0.25) is 0 Å². The van der Waals surface area contributed by atoms with E-state index in [-0.39, 0.29) is 27.7 Å². The predicted octanol–water partition coefficient (Wildman–Crippen LogP) is -0.316. The molecule has 0 unspecified atom stereocenters. The van der Waals surface area contributed by atoms with Crippen LogP contribution in [0.2, 0.25) is 0 Å². The van der Waals surface area contributed by atoms with E-state index in [0.29, 0.717) is 0 Å². The Morgan fingerprint density at radius 3 is 2.00 bits per heavy atom. The van der Waals surface area contributed by atoms with Gasteiger partial charge in [-0.15, -0.1) is 0 Å². The molecule has 0 saturated heterocycles. The summed E-state index contributed by atoms with van der Waals surface area (Å²) in [4.78, 5) is 0. The molecule has 0 aromatic heterocycles. The van der Waals surface area contributed by atoms with E-state index in [1.54, 1.807) is 13.2 Å². The van der Waals surface area contributed by atoms with Gasteiger partial charge in [0.05, 0.1) is 0 Å². The average Bonchev–Trinajstić information content (AvgIpc) is 1.37. The van der Waals surface area contributed by atoms with Crippen LogP contribution in [0, 0.1) is 11.5 Å². The van der Waals surface area contributed by atoms with Crippen LogP contribution >= 0.6 is 0 Å². The van der Waals surface area contributed by atoms with Crippen LogP contribution in [-0.4, -0.2) is 7.05 Å². The second-order valence-electron chi connectivity index (χ2n) is 0.362. The number of nitrogens with one attached hydrogen (secondary N) is 1. The molecule has 0 rings (SSSR count). The van der Waals surface area contributed by atoms with Crippen molar-refractivity contribution >= 4 is 0 Å². The van der Waals surface area contributed by atoms with E-state index in [9.17, 15) is 0 Å². The molecule has 0 atom stereocenters. The Hall–Kier alpha value is 0.225. The summed E-state index contributed by atoms with van der Waals surface area (Å²) in [6.45, 7) is 0. The van der Waals surface area contributed by atoms with E-state index in [4.69, 9.17) is 5.26 Å². The van der Waals surface area contributed by atoms with Crippen LogP contribution in [-0.2, 0) is 27.7 Å². The van der Waals surface area contributed by atoms with Gasteiger partial charge in [0.25, 0.3) is 0 Å². The van der Waals surface area contributed by atoms with Crippen LogP contribution in [0.4, 0.5) is 0 Å². The van der Waals surface area contributed by atoms with Gasteiger partial charge in [0, 0.05) is 34.7 Å². The van der Waals surface area contributed by atoms with Gasteiger partial charge in [0.15, 0.2) is 6.19 Å². The van der Waals surface area contributed by atoms with Crippen LogP contribution in [0.5, 0.6) is 0 Å². The first-order valence-electron chi connectivity index (χ1n) is 0.974. The normalized spacial score (nSPS) is 3.20. The molecule has 0 bridgehead atoms. The second kappa shape index (κ2) is 8.88. The molecule has 0 heterocycles. The molecule has 0 spiro atoms. The van der Waals surface area contributed by atoms with E-state index in [0.717, 1.165) is 0 Å². The molecule has 24 valence electrons. The van der Waals surface area contributed by atoms with Crippen molar-refractivity contribution in [3.63, 3.8) is 0 Å². The van der Waals surface area contributed by atoms with E-state index < -0.39 is 0 Å². The Labute approximate surface area is 51.7 Å². The summed E-state index contributed by atoms with van der Waals surface area (Å²) in [6.07, 6.45) is 1.68. The smallest absolute Gasteiger partial charge is 0.176 e. The van der Waals surface area contributed by atoms with Crippen molar-refractivity contribution in [3.05, 3.63) is 0 Å². The second-order valence-corrected chi connectivity index (χ2v) is 0.362. The maximum atomic E-state index is 7.51. The Morgan fingerprint density at radius 2 is 2.00 bits per heavy atom. The van der Waals surface area contributed by atoms with Crippen molar-refractivity contribution in [2.45, 2.75) is 0 Å². The summed E-state index contributed by atoms with van der Waals surface area (Å²) in [5.74, 6) is 0. The average molecular weight is 257 g/mol. The molecule has 5 heavy (non-hydrogen) atoms. The molecular weight excluding hydrogens is 253 g/mol. The predicted molar refractivity (Wildman–Crippen MR) is 14.7 cm³/mol. The van der Waals surface area contributed by atoms with Gasteiger partial charge in [-0.25, -0.2) is 0 Å². The number of hydrogen-bond donors (Lipinski definition) is 1. The van der Waals surface area contributed by atoms with Gasteiger partial charge in [0.1, 0.15) is 0 Å². The Morgan fingerprint density at radius 1 is 1.80 bits per heavy atom. The third-order valence-electron chi connectivity index (χ3n) is 0.112. The monoisotopic (exact) mass is 258 g/mol. The molecule has 0 fully saturated rings. The van der Waals surface area contributed by atoms with Crippen LogP contribution < -0.4 is 5.32 Å². The van der Waals surface area contributed by atoms with Gasteiger partial charge in [-0.1, -0.05) is 0 Å². The first-order chi connectivity index (χ1) is 1.91. The van der Waals surface area contributed by atoms with Crippen molar-refractivity contribution in [1.29, 1.82) is 5.26 Å². The minimum absolute atomic E-state index is 0. The number of rotatable bonds is 0. The molecule has 0 aliphatic rings. The van der Waals surface area contributed by atoms with E-state index in [1.807, 2.05) is 0 Å². The maximum Gasteiger partial charge on any atom is 0.176 e. The number of nitrogens with zero attached hydrogens (tertiary/aromatic N) is 1. The number of nitriles is 1. The van der Waals surface area contributed by atoms with Crippen molar-refractivity contribution in [1.82, 2.24) is 5.32 Å². The summed E-state index contributed by atoms with van der Waals surface area (Å²) in [5, 5.41) is 9.75. The fourth-order valence-electron chi connectivity index (χ4n) is 0. The SMILES string of the molecule is CNC#N.[Hg]. The minimum atomic E-state index is 0. The van der Waals surface area contributed by atoms with Crippen LogP contribution in [0.3, 0.4) is 0 Å². The third kappa shape index (κ3) is 13.9. The summed E-state index contributed by atoms with van der Waals surface area (Å²) in [5.41, 5.74) is 0. The largest absolute Gasteiger partial charge is 0.327 e. The van der Waals surface area contributed by atoms with Crippen LogP contribution in [0.1, 0.15) is 0 Å². The topological polar surface area (TPSA) is 35.8 Å². The zero-order valence-corrected chi connectivity index (χ0v) is 8.65. The molecule has 1 N–H and O–H groups in total. The quantitative estimate of drug-likeness (QED) is 0.367. The van der Waals surface area contributed by atoms with Gasteiger partial charge in [-0.2, -0.15) is 5.26 Å². The molecule has 0 aliphatic heterocycles. The molecule has 2 nitrogen and oxygen atoms in total. The first-order valence-corrected chi connectivity index (χ1v) is 0.974. The van der Waals surface area contributed by atoms with Crippen molar-refractivity contribution in [2.75, 3.05) is 7.05 Å². The first kappa shape index (κ1) is 8.97. The molecule has 0 aliphatic carbocycles. The van der Waals surface area contributed by atoms with E-state index >= 15 is 0 Å².